The van der Waals surface area contributed by atoms with Gasteiger partial charge in [0, 0.05) is 11.3 Å². The molecule has 0 aliphatic carbocycles. The summed E-state index contributed by atoms with van der Waals surface area (Å²) in [4.78, 5) is 13.1. The molecule has 0 bridgehead atoms. The molecule has 3 nitrogen and oxygen atoms in total. The molecule has 2 aromatic rings. The molecule has 0 aromatic heterocycles. The number of hydrogen-bond donors (Lipinski definition) is 1. The number of para-hydroxylation sites is 1. The number of carbonyl (C=O) groups excluding carboxylic acids is 1. The predicted octanol–water partition coefficient (Wildman–Crippen LogP) is 3.99. The number of carbonyl (C=O) groups is 1. The van der Waals surface area contributed by atoms with Crippen molar-refractivity contribution >= 4 is 23.4 Å². The van der Waals surface area contributed by atoms with E-state index in [9.17, 15) is 4.79 Å². The van der Waals surface area contributed by atoms with E-state index < -0.39 is 0 Å². The summed E-state index contributed by atoms with van der Waals surface area (Å²) in [6.07, 6.45) is 3.15. The Labute approximate surface area is 129 Å². The first kappa shape index (κ1) is 15.4. The zero-order valence-corrected chi connectivity index (χ0v) is 13.1. The van der Waals surface area contributed by atoms with Crippen molar-refractivity contribution in [3.05, 3.63) is 54.1 Å². The first-order valence-corrected chi connectivity index (χ1v) is 8.01. The van der Waals surface area contributed by atoms with E-state index in [-0.39, 0.29) is 5.91 Å². The van der Waals surface area contributed by atoms with Crippen LogP contribution in [0.15, 0.2) is 53.4 Å². The van der Waals surface area contributed by atoms with E-state index in [1.807, 2.05) is 54.8 Å². The maximum Gasteiger partial charge on any atom is 0.224 e. The van der Waals surface area contributed by atoms with E-state index in [1.165, 1.54) is 0 Å². The van der Waals surface area contributed by atoms with Crippen LogP contribution in [0.4, 0.5) is 5.69 Å². The van der Waals surface area contributed by atoms with E-state index in [0.29, 0.717) is 12.8 Å². The molecule has 0 radical (unpaired) electrons. The molecule has 21 heavy (non-hydrogen) atoms. The average molecular weight is 301 g/mol. The van der Waals surface area contributed by atoms with Crippen molar-refractivity contribution in [2.24, 2.45) is 0 Å². The second-order valence-electron chi connectivity index (χ2n) is 4.60. The van der Waals surface area contributed by atoms with Crippen molar-refractivity contribution in [2.75, 3.05) is 18.7 Å². The molecule has 0 atom stereocenters. The van der Waals surface area contributed by atoms with Crippen LogP contribution in [0.5, 0.6) is 5.75 Å². The minimum Gasteiger partial charge on any atom is -0.497 e. The van der Waals surface area contributed by atoms with Gasteiger partial charge in [0.1, 0.15) is 5.75 Å². The largest absolute Gasteiger partial charge is 0.497 e. The molecule has 0 saturated heterocycles. The number of thioether (sulfide) groups is 1. The third kappa shape index (κ3) is 4.53. The summed E-state index contributed by atoms with van der Waals surface area (Å²) in [7, 11) is 1.64. The van der Waals surface area contributed by atoms with E-state index >= 15 is 0 Å². The number of ether oxygens (including phenoxy) is 1. The molecule has 1 N–H and O–H groups in total. The molecule has 0 aliphatic rings. The molecule has 0 unspecified atom stereocenters. The third-order valence-electron chi connectivity index (χ3n) is 3.16. The van der Waals surface area contributed by atoms with Crippen LogP contribution in [0.25, 0.3) is 0 Å². The van der Waals surface area contributed by atoms with Crippen LogP contribution < -0.4 is 10.1 Å². The minimum atomic E-state index is 0.0271. The van der Waals surface area contributed by atoms with Crippen LogP contribution in [-0.2, 0) is 11.2 Å². The molecule has 2 aromatic carbocycles. The quantitative estimate of drug-likeness (QED) is 0.820. The molecular formula is C17H19NO2S. The van der Waals surface area contributed by atoms with Gasteiger partial charge in [0.2, 0.25) is 5.91 Å². The molecule has 0 saturated carbocycles. The highest BCUT2D eigenvalue weighted by Crippen LogP contribution is 2.24. The van der Waals surface area contributed by atoms with Crippen molar-refractivity contribution in [1.82, 2.24) is 0 Å². The molecule has 0 heterocycles. The summed E-state index contributed by atoms with van der Waals surface area (Å²) in [5, 5.41) is 2.97. The highest BCUT2D eigenvalue weighted by molar-refractivity contribution is 7.98. The Morgan fingerprint density at radius 3 is 2.76 bits per heavy atom. The molecule has 2 rings (SSSR count). The molecule has 0 spiro atoms. The number of methoxy groups -OCH3 is 1. The van der Waals surface area contributed by atoms with Crippen molar-refractivity contribution in [3.8, 4) is 5.75 Å². The standard InChI is InChI=1S/C17H19NO2S/c1-20-14-7-5-6-13(12-14)10-11-17(19)18-15-8-3-4-9-16(15)21-2/h3-9,12H,10-11H2,1-2H3,(H,18,19). The smallest absolute Gasteiger partial charge is 0.224 e. The van der Waals surface area contributed by atoms with Gasteiger partial charge in [-0.25, -0.2) is 0 Å². The third-order valence-corrected chi connectivity index (χ3v) is 3.95. The van der Waals surface area contributed by atoms with Gasteiger partial charge in [-0.15, -0.1) is 11.8 Å². The summed E-state index contributed by atoms with van der Waals surface area (Å²) < 4.78 is 5.18. The minimum absolute atomic E-state index is 0.0271. The monoisotopic (exact) mass is 301 g/mol. The normalized spacial score (nSPS) is 10.2. The molecule has 1 amide bonds. The van der Waals surface area contributed by atoms with Crippen LogP contribution in [0.3, 0.4) is 0 Å². The fourth-order valence-electron chi connectivity index (χ4n) is 2.05. The zero-order valence-electron chi connectivity index (χ0n) is 12.3. The number of aryl methyl sites for hydroxylation is 1. The fourth-order valence-corrected chi connectivity index (χ4v) is 2.60. The Morgan fingerprint density at radius 1 is 1.19 bits per heavy atom. The van der Waals surface area contributed by atoms with Gasteiger partial charge in [-0.05, 0) is 42.5 Å². The topological polar surface area (TPSA) is 38.3 Å². The van der Waals surface area contributed by atoms with Gasteiger partial charge in [-0.2, -0.15) is 0 Å². The number of anilines is 1. The number of amides is 1. The summed E-state index contributed by atoms with van der Waals surface area (Å²) in [6.45, 7) is 0. The lowest BCUT2D eigenvalue weighted by Gasteiger charge is -2.09. The van der Waals surface area contributed by atoms with E-state index in [4.69, 9.17) is 4.74 Å². The van der Waals surface area contributed by atoms with E-state index in [2.05, 4.69) is 5.32 Å². The Bertz CT molecular complexity index is 613. The lowest BCUT2D eigenvalue weighted by atomic mass is 10.1. The SMILES string of the molecule is COc1cccc(CCC(=O)Nc2ccccc2SC)c1. The van der Waals surface area contributed by atoms with Gasteiger partial charge >= 0.3 is 0 Å². The molecular weight excluding hydrogens is 282 g/mol. The Kier molecular flexibility index (Phi) is 5.69. The van der Waals surface area contributed by atoms with Crippen molar-refractivity contribution in [3.63, 3.8) is 0 Å². The molecule has 110 valence electrons. The highest BCUT2D eigenvalue weighted by Gasteiger charge is 2.06. The van der Waals surface area contributed by atoms with Gasteiger partial charge in [0.05, 0.1) is 12.8 Å². The number of rotatable bonds is 6. The van der Waals surface area contributed by atoms with Gasteiger partial charge in [0.25, 0.3) is 0 Å². The van der Waals surface area contributed by atoms with Crippen molar-refractivity contribution < 1.29 is 9.53 Å². The fraction of sp³-hybridized carbons (Fsp3) is 0.235. The number of hydrogen-bond acceptors (Lipinski definition) is 3. The van der Waals surface area contributed by atoms with Gasteiger partial charge < -0.3 is 10.1 Å². The summed E-state index contributed by atoms with van der Waals surface area (Å²) in [6, 6.07) is 15.6. The van der Waals surface area contributed by atoms with Gasteiger partial charge in [-0.1, -0.05) is 24.3 Å². The second kappa shape index (κ2) is 7.74. The predicted molar refractivity (Wildman–Crippen MR) is 88.2 cm³/mol. The zero-order chi connectivity index (χ0) is 15.1. The lowest BCUT2D eigenvalue weighted by molar-refractivity contribution is -0.116. The highest BCUT2D eigenvalue weighted by atomic mass is 32.2. The van der Waals surface area contributed by atoms with E-state index in [0.717, 1.165) is 21.9 Å². The molecule has 4 heteroatoms. The summed E-state index contributed by atoms with van der Waals surface area (Å²) >= 11 is 1.63. The van der Waals surface area contributed by atoms with Gasteiger partial charge in [-0.3, -0.25) is 4.79 Å². The van der Waals surface area contributed by atoms with E-state index in [1.54, 1.807) is 18.9 Å². The Balaban J connectivity index is 1.92. The number of benzene rings is 2. The van der Waals surface area contributed by atoms with Gasteiger partial charge in [0.15, 0.2) is 0 Å². The average Bonchev–Trinajstić information content (AvgIpc) is 2.53. The van der Waals surface area contributed by atoms with Crippen LogP contribution >= 0.6 is 11.8 Å². The second-order valence-corrected chi connectivity index (χ2v) is 5.45. The number of nitrogens with one attached hydrogen (secondary N) is 1. The van der Waals surface area contributed by atoms with Crippen LogP contribution in [0, 0.1) is 0 Å². The molecule has 0 fully saturated rings. The first-order valence-electron chi connectivity index (χ1n) is 6.78. The lowest BCUT2D eigenvalue weighted by Crippen LogP contribution is -2.12. The maximum atomic E-state index is 12.1. The first-order chi connectivity index (χ1) is 10.2. The van der Waals surface area contributed by atoms with Crippen LogP contribution in [-0.4, -0.2) is 19.3 Å². The Hall–Kier alpha value is -1.94. The van der Waals surface area contributed by atoms with Crippen LogP contribution in [0.2, 0.25) is 0 Å². The molecule has 0 aliphatic heterocycles. The maximum absolute atomic E-state index is 12.1. The summed E-state index contributed by atoms with van der Waals surface area (Å²) in [5.41, 5.74) is 1.98. The van der Waals surface area contributed by atoms with Crippen molar-refractivity contribution in [2.45, 2.75) is 17.7 Å². The van der Waals surface area contributed by atoms with Crippen LogP contribution in [0.1, 0.15) is 12.0 Å². The van der Waals surface area contributed by atoms with Crippen molar-refractivity contribution in [1.29, 1.82) is 0 Å². The summed E-state index contributed by atoms with van der Waals surface area (Å²) in [5.74, 6) is 0.847. The Morgan fingerprint density at radius 2 is 2.00 bits per heavy atom.